The predicted molar refractivity (Wildman–Crippen MR) is 116 cm³/mol. The Morgan fingerprint density at radius 3 is 2.16 bits per heavy atom. The number of nitrogens with zero attached hydrogens (tertiary/aromatic N) is 2. The molecule has 7 nitrogen and oxygen atoms in total. The third-order valence-corrected chi connectivity index (χ3v) is 9.89. The SMILES string of the molecule is CC(C)CS(=O)(=O)c1ccc(S(=O)(=O)N2CCCC(C(=O)N3CCC(F)(F)CC3)C2)cc1. The van der Waals surface area contributed by atoms with Gasteiger partial charge in [-0.3, -0.25) is 4.79 Å². The minimum atomic E-state index is -3.92. The Labute approximate surface area is 188 Å². The third-order valence-electron chi connectivity index (χ3n) is 5.91. The molecule has 1 aromatic carbocycles. The van der Waals surface area contributed by atoms with Crippen LogP contribution in [0.3, 0.4) is 0 Å². The number of benzene rings is 1. The van der Waals surface area contributed by atoms with E-state index in [1.54, 1.807) is 13.8 Å². The highest BCUT2D eigenvalue weighted by Gasteiger charge is 2.39. The number of likely N-dealkylation sites (tertiary alicyclic amines) is 1. The summed E-state index contributed by atoms with van der Waals surface area (Å²) in [7, 11) is -7.41. The summed E-state index contributed by atoms with van der Waals surface area (Å²) in [6, 6.07) is 5.15. The molecule has 32 heavy (non-hydrogen) atoms. The van der Waals surface area contributed by atoms with E-state index in [1.807, 2.05) is 0 Å². The molecule has 3 rings (SSSR count). The largest absolute Gasteiger partial charge is 0.342 e. The molecule has 0 aromatic heterocycles. The number of amides is 1. The van der Waals surface area contributed by atoms with Crippen LogP contribution in [0.15, 0.2) is 34.1 Å². The van der Waals surface area contributed by atoms with E-state index in [2.05, 4.69) is 0 Å². The van der Waals surface area contributed by atoms with Crippen LogP contribution in [0.5, 0.6) is 0 Å². The Bertz CT molecular complexity index is 1030. The molecule has 0 radical (unpaired) electrons. The Morgan fingerprint density at radius 1 is 1.03 bits per heavy atom. The molecule has 0 saturated carbocycles. The monoisotopic (exact) mass is 492 g/mol. The maximum atomic E-state index is 13.4. The molecule has 0 spiro atoms. The molecule has 1 unspecified atom stereocenters. The number of carbonyl (C=O) groups is 1. The van der Waals surface area contributed by atoms with Crippen LogP contribution in [0, 0.1) is 11.8 Å². The van der Waals surface area contributed by atoms with Gasteiger partial charge in [0.1, 0.15) is 0 Å². The van der Waals surface area contributed by atoms with E-state index in [9.17, 15) is 30.4 Å². The van der Waals surface area contributed by atoms with Crippen molar-refractivity contribution in [3.05, 3.63) is 24.3 Å². The molecule has 1 amide bonds. The summed E-state index contributed by atoms with van der Waals surface area (Å²) in [4.78, 5) is 14.3. The van der Waals surface area contributed by atoms with E-state index in [0.29, 0.717) is 12.8 Å². The van der Waals surface area contributed by atoms with Gasteiger partial charge in [-0.05, 0) is 43.0 Å². The number of alkyl halides is 2. The number of piperidine rings is 2. The lowest BCUT2D eigenvalue weighted by atomic mass is 9.96. The zero-order valence-electron chi connectivity index (χ0n) is 18.3. The fourth-order valence-corrected chi connectivity index (χ4v) is 7.32. The first-order chi connectivity index (χ1) is 14.8. The van der Waals surface area contributed by atoms with Crippen LogP contribution in [-0.4, -0.2) is 69.8 Å². The van der Waals surface area contributed by atoms with Gasteiger partial charge in [0.25, 0.3) is 5.92 Å². The second-order valence-electron chi connectivity index (χ2n) is 9.03. The molecule has 1 aromatic rings. The lowest BCUT2D eigenvalue weighted by molar-refractivity contribution is -0.142. The highest BCUT2D eigenvalue weighted by molar-refractivity contribution is 7.91. The Balaban J connectivity index is 1.71. The summed E-state index contributed by atoms with van der Waals surface area (Å²) < 4.78 is 79.0. The summed E-state index contributed by atoms with van der Waals surface area (Å²) in [5.74, 6) is -3.70. The zero-order chi connectivity index (χ0) is 23.7. The minimum Gasteiger partial charge on any atom is -0.342 e. The maximum absolute atomic E-state index is 13.4. The van der Waals surface area contributed by atoms with E-state index >= 15 is 0 Å². The Kier molecular flexibility index (Phi) is 7.31. The molecule has 0 bridgehead atoms. The number of halogens is 2. The molecular formula is C21H30F2N2O5S2. The highest BCUT2D eigenvalue weighted by atomic mass is 32.2. The summed E-state index contributed by atoms with van der Waals surface area (Å²) in [6.07, 6.45) is 0.240. The molecule has 2 aliphatic rings. The van der Waals surface area contributed by atoms with Crippen LogP contribution in [0.2, 0.25) is 0 Å². The van der Waals surface area contributed by atoms with Crippen LogP contribution in [0.1, 0.15) is 39.5 Å². The first-order valence-electron chi connectivity index (χ1n) is 10.8. The molecule has 0 N–H and O–H groups in total. The summed E-state index contributed by atoms with van der Waals surface area (Å²) in [5.41, 5.74) is 0. The van der Waals surface area contributed by atoms with Crippen LogP contribution in [0.4, 0.5) is 8.78 Å². The molecule has 2 heterocycles. The van der Waals surface area contributed by atoms with Gasteiger partial charge in [-0.25, -0.2) is 25.6 Å². The topological polar surface area (TPSA) is 91.8 Å². The summed E-state index contributed by atoms with van der Waals surface area (Å²) in [6.45, 7) is 3.77. The number of rotatable bonds is 6. The number of hydrogen-bond acceptors (Lipinski definition) is 5. The van der Waals surface area contributed by atoms with Crippen molar-refractivity contribution in [1.29, 1.82) is 0 Å². The minimum absolute atomic E-state index is 0.0124. The average Bonchev–Trinajstić information content (AvgIpc) is 2.72. The van der Waals surface area contributed by atoms with Gasteiger partial charge in [0.2, 0.25) is 15.9 Å². The van der Waals surface area contributed by atoms with Gasteiger partial charge in [-0.2, -0.15) is 4.31 Å². The molecule has 0 aliphatic carbocycles. The predicted octanol–water partition coefficient (Wildman–Crippen LogP) is 2.77. The molecule has 2 saturated heterocycles. The van der Waals surface area contributed by atoms with Crippen molar-refractivity contribution in [3.8, 4) is 0 Å². The van der Waals surface area contributed by atoms with Gasteiger partial charge < -0.3 is 4.90 Å². The smallest absolute Gasteiger partial charge is 0.251 e. The average molecular weight is 493 g/mol. The van der Waals surface area contributed by atoms with Gasteiger partial charge in [0.05, 0.1) is 21.5 Å². The molecule has 1 atom stereocenters. The van der Waals surface area contributed by atoms with Crippen LogP contribution < -0.4 is 0 Å². The normalized spacial score (nSPS) is 22.8. The fraction of sp³-hybridized carbons (Fsp3) is 0.667. The quantitative estimate of drug-likeness (QED) is 0.609. The van der Waals surface area contributed by atoms with Crippen molar-refractivity contribution in [2.24, 2.45) is 11.8 Å². The van der Waals surface area contributed by atoms with E-state index in [4.69, 9.17) is 0 Å². The summed E-state index contributed by atoms with van der Waals surface area (Å²) >= 11 is 0. The van der Waals surface area contributed by atoms with Crippen LogP contribution in [-0.2, 0) is 24.7 Å². The van der Waals surface area contributed by atoms with Gasteiger partial charge >= 0.3 is 0 Å². The summed E-state index contributed by atoms with van der Waals surface area (Å²) in [5, 5.41) is 0. The zero-order valence-corrected chi connectivity index (χ0v) is 20.0. The van der Waals surface area contributed by atoms with Crippen molar-refractivity contribution in [1.82, 2.24) is 9.21 Å². The number of sulfone groups is 1. The number of carbonyl (C=O) groups excluding carboxylic acids is 1. The number of hydrogen-bond donors (Lipinski definition) is 0. The molecule has 2 aliphatic heterocycles. The maximum Gasteiger partial charge on any atom is 0.251 e. The van der Waals surface area contributed by atoms with E-state index in [0.717, 1.165) is 0 Å². The first-order valence-corrected chi connectivity index (χ1v) is 13.9. The molecule has 11 heteroatoms. The van der Waals surface area contributed by atoms with Crippen LogP contribution >= 0.6 is 0 Å². The Morgan fingerprint density at radius 2 is 1.59 bits per heavy atom. The highest BCUT2D eigenvalue weighted by Crippen LogP contribution is 2.31. The molecular weight excluding hydrogens is 462 g/mol. The van der Waals surface area contributed by atoms with E-state index < -0.39 is 31.7 Å². The van der Waals surface area contributed by atoms with Crippen molar-refractivity contribution in [2.75, 3.05) is 31.9 Å². The van der Waals surface area contributed by atoms with Gasteiger partial charge in [-0.1, -0.05) is 13.8 Å². The van der Waals surface area contributed by atoms with Gasteiger partial charge in [-0.15, -0.1) is 0 Å². The number of sulfonamides is 1. The van der Waals surface area contributed by atoms with Crippen molar-refractivity contribution in [2.45, 2.75) is 55.2 Å². The van der Waals surface area contributed by atoms with Crippen LogP contribution in [0.25, 0.3) is 0 Å². The Hall–Kier alpha value is -1.59. The lowest BCUT2D eigenvalue weighted by Gasteiger charge is -2.37. The second-order valence-corrected chi connectivity index (χ2v) is 13.0. The van der Waals surface area contributed by atoms with Crippen molar-refractivity contribution in [3.63, 3.8) is 0 Å². The van der Waals surface area contributed by atoms with E-state index in [-0.39, 0.29) is 66.4 Å². The third kappa shape index (κ3) is 5.66. The van der Waals surface area contributed by atoms with Crippen molar-refractivity contribution < 1.29 is 30.4 Å². The second kappa shape index (κ2) is 9.34. The van der Waals surface area contributed by atoms with Gasteiger partial charge in [0.15, 0.2) is 9.84 Å². The van der Waals surface area contributed by atoms with Crippen molar-refractivity contribution >= 4 is 25.8 Å². The lowest BCUT2D eigenvalue weighted by Crippen LogP contribution is -2.49. The van der Waals surface area contributed by atoms with E-state index in [1.165, 1.54) is 33.5 Å². The molecule has 180 valence electrons. The fourth-order valence-electron chi connectivity index (χ4n) is 4.18. The van der Waals surface area contributed by atoms with Gasteiger partial charge in [0, 0.05) is 39.0 Å². The first kappa shape index (κ1) is 25.0. The standard InChI is InChI=1S/C21H30F2N2O5S2/c1-16(2)15-31(27,28)18-5-7-19(8-6-18)32(29,30)25-11-3-4-17(14-25)20(26)24-12-9-21(22,23)10-13-24/h5-8,16-17H,3-4,9-15H2,1-2H3. The molecule has 2 fully saturated rings.